The molecule has 13 heavy (non-hydrogen) atoms. The standard InChI is InChI=1S/C10H15NO2/c1-10(7-12-8-10)6-11-5-9-3-2-4-13-9/h2-4,11H,5-8H2,1H3. The van der Waals surface area contributed by atoms with E-state index in [0.29, 0.717) is 5.41 Å². The van der Waals surface area contributed by atoms with E-state index in [1.807, 2.05) is 12.1 Å². The average molecular weight is 181 g/mol. The Balaban J connectivity index is 1.69. The van der Waals surface area contributed by atoms with Crippen molar-refractivity contribution in [2.75, 3.05) is 19.8 Å². The quantitative estimate of drug-likeness (QED) is 0.762. The summed E-state index contributed by atoms with van der Waals surface area (Å²) in [4.78, 5) is 0. The summed E-state index contributed by atoms with van der Waals surface area (Å²) in [7, 11) is 0. The first-order valence-electron chi connectivity index (χ1n) is 4.59. The molecule has 1 aromatic rings. The summed E-state index contributed by atoms with van der Waals surface area (Å²) in [6, 6.07) is 3.89. The van der Waals surface area contributed by atoms with Crippen LogP contribution in [0.1, 0.15) is 12.7 Å². The number of furan rings is 1. The minimum atomic E-state index is 0.340. The largest absolute Gasteiger partial charge is 0.468 e. The zero-order chi connectivity index (χ0) is 9.15. The van der Waals surface area contributed by atoms with Crippen molar-refractivity contribution >= 4 is 0 Å². The van der Waals surface area contributed by atoms with Crippen molar-refractivity contribution in [3.63, 3.8) is 0 Å². The molecule has 72 valence electrons. The molecule has 0 spiro atoms. The van der Waals surface area contributed by atoms with Gasteiger partial charge in [-0.2, -0.15) is 0 Å². The minimum absolute atomic E-state index is 0.340. The van der Waals surface area contributed by atoms with E-state index in [1.165, 1.54) is 0 Å². The third kappa shape index (κ3) is 2.11. The summed E-state index contributed by atoms with van der Waals surface area (Å²) in [5.74, 6) is 0.990. The molecule has 0 aromatic carbocycles. The molecule has 1 fully saturated rings. The second-order valence-corrected chi connectivity index (χ2v) is 3.99. The summed E-state index contributed by atoms with van der Waals surface area (Å²) in [5, 5.41) is 3.36. The minimum Gasteiger partial charge on any atom is -0.468 e. The van der Waals surface area contributed by atoms with E-state index in [9.17, 15) is 0 Å². The Bertz CT molecular complexity index is 252. The van der Waals surface area contributed by atoms with E-state index >= 15 is 0 Å². The Kier molecular flexibility index (Phi) is 2.38. The van der Waals surface area contributed by atoms with E-state index < -0.39 is 0 Å². The zero-order valence-corrected chi connectivity index (χ0v) is 7.88. The Hall–Kier alpha value is -0.800. The van der Waals surface area contributed by atoms with Crippen LogP contribution in [0.5, 0.6) is 0 Å². The fraction of sp³-hybridized carbons (Fsp3) is 0.600. The lowest BCUT2D eigenvalue weighted by Gasteiger charge is -2.38. The summed E-state index contributed by atoms with van der Waals surface area (Å²) in [6.45, 7) is 5.78. The number of rotatable bonds is 4. The van der Waals surface area contributed by atoms with Crippen LogP contribution in [0.3, 0.4) is 0 Å². The van der Waals surface area contributed by atoms with Crippen LogP contribution in [0, 0.1) is 5.41 Å². The van der Waals surface area contributed by atoms with Gasteiger partial charge in [0.15, 0.2) is 0 Å². The summed E-state index contributed by atoms with van der Waals surface area (Å²) in [5.41, 5.74) is 0.340. The van der Waals surface area contributed by atoms with Gasteiger partial charge in [0.2, 0.25) is 0 Å². The van der Waals surface area contributed by atoms with Crippen molar-refractivity contribution < 1.29 is 9.15 Å². The molecule has 1 aliphatic heterocycles. The molecule has 0 amide bonds. The van der Waals surface area contributed by atoms with Gasteiger partial charge < -0.3 is 14.5 Å². The lowest BCUT2D eigenvalue weighted by molar-refractivity contribution is -0.0992. The average Bonchev–Trinajstić information content (AvgIpc) is 2.54. The predicted molar refractivity (Wildman–Crippen MR) is 49.3 cm³/mol. The van der Waals surface area contributed by atoms with Crippen LogP contribution in [-0.2, 0) is 11.3 Å². The topological polar surface area (TPSA) is 34.4 Å². The second kappa shape index (κ2) is 3.52. The van der Waals surface area contributed by atoms with Crippen LogP contribution in [0.15, 0.2) is 22.8 Å². The van der Waals surface area contributed by atoms with E-state index in [1.54, 1.807) is 6.26 Å². The fourth-order valence-corrected chi connectivity index (χ4v) is 1.45. The van der Waals surface area contributed by atoms with Crippen molar-refractivity contribution in [3.8, 4) is 0 Å². The number of hydrogen-bond donors (Lipinski definition) is 1. The number of hydrogen-bond acceptors (Lipinski definition) is 3. The molecule has 0 atom stereocenters. The lowest BCUT2D eigenvalue weighted by Crippen LogP contribution is -2.47. The second-order valence-electron chi connectivity index (χ2n) is 3.99. The predicted octanol–water partition coefficient (Wildman–Crippen LogP) is 1.41. The van der Waals surface area contributed by atoms with Gasteiger partial charge in [-0.15, -0.1) is 0 Å². The highest BCUT2D eigenvalue weighted by Crippen LogP contribution is 2.25. The maximum atomic E-state index is 5.21. The molecule has 2 heterocycles. The van der Waals surface area contributed by atoms with Crippen molar-refractivity contribution in [2.45, 2.75) is 13.5 Å². The van der Waals surface area contributed by atoms with Gasteiger partial charge in [0.25, 0.3) is 0 Å². The third-order valence-electron chi connectivity index (χ3n) is 2.33. The molecule has 1 aromatic heterocycles. The van der Waals surface area contributed by atoms with E-state index in [2.05, 4.69) is 12.2 Å². The monoisotopic (exact) mass is 181 g/mol. The highest BCUT2D eigenvalue weighted by Gasteiger charge is 2.32. The molecule has 1 aliphatic rings. The molecule has 0 aliphatic carbocycles. The molecule has 0 unspecified atom stereocenters. The maximum absolute atomic E-state index is 5.21. The first-order valence-corrected chi connectivity index (χ1v) is 4.59. The van der Waals surface area contributed by atoms with Crippen LogP contribution >= 0.6 is 0 Å². The Morgan fingerprint density at radius 2 is 2.38 bits per heavy atom. The first kappa shape index (κ1) is 8.78. The molecular formula is C10H15NO2. The van der Waals surface area contributed by atoms with E-state index in [-0.39, 0.29) is 0 Å². The summed E-state index contributed by atoms with van der Waals surface area (Å²) in [6.07, 6.45) is 1.70. The van der Waals surface area contributed by atoms with Crippen molar-refractivity contribution in [3.05, 3.63) is 24.2 Å². The van der Waals surface area contributed by atoms with Gasteiger partial charge in [-0.1, -0.05) is 6.92 Å². The van der Waals surface area contributed by atoms with Crippen LogP contribution < -0.4 is 5.32 Å². The lowest BCUT2D eigenvalue weighted by atomic mass is 9.89. The van der Waals surface area contributed by atoms with Gasteiger partial charge in [0, 0.05) is 12.0 Å². The van der Waals surface area contributed by atoms with Gasteiger partial charge in [-0.3, -0.25) is 0 Å². The zero-order valence-electron chi connectivity index (χ0n) is 7.88. The number of ether oxygens (including phenoxy) is 1. The van der Waals surface area contributed by atoms with Gasteiger partial charge in [-0.25, -0.2) is 0 Å². The summed E-state index contributed by atoms with van der Waals surface area (Å²) < 4.78 is 10.4. The smallest absolute Gasteiger partial charge is 0.117 e. The van der Waals surface area contributed by atoms with Gasteiger partial charge in [0.05, 0.1) is 26.0 Å². The van der Waals surface area contributed by atoms with Crippen molar-refractivity contribution in [1.29, 1.82) is 0 Å². The normalized spacial score (nSPS) is 19.8. The fourth-order valence-electron chi connectivity index (χ4n) is 1.45. The van der Waals surface area contributed by atoms with Crippen LogP contribution in [0.4, 0.5) is 0 Å². The van der Waals surface area contributed by atoms with Crippen LogP contribution in [-0.4, -0.2) is 19.8 Å². The maximum Gasteiger partial charge on any atom is 0.117 e. The van der Waals surface area contributed by atoms with E-state index in [0.717, 1.165) is 32.1 Å². The Morgan fingerprint density at radius 3 is 2.92 bits per heavy atom. The van der Waals surface area contributed by atoms with Gasteiger partial charge in [-0.05, 0) is 12.1 Å². The summed E-state index contributed by atoms with van der Waals surface area (Å²) >= 11 is 0. The molecular weight excluding hydrogens is 166 g/mol. The van der Waals surface area contributed by atoms with Gasteiger partial charge in [0.1, 0.15) is 5.76 Å². The number of nitrogens with one attached hydrogen (secondary N) is 1. The highest BCUT2D eigenvalue weighted by molar-refractivity contribution is 4.97. The van der Waals surface area contributed by atoms with E-state index in [4.69, 9.17) is 9.15 Å². The van der Waals surface area contributed by atoms with Crippen LogP contribution in [0.25, 0.3) is 0 Å². The molecule has 0 bridgehead atoms. The SMILES string of the molecule is CC1(CNCc2ccco2)COC1. The molecule has 2 rings (SSSR count). The van der Waals surface area contributed by atoms with Gasteiger partial charge >= 0.3 is 0 Å². The van der Waals surface area contributed by atoms with Crippen molar-refractivity contribution in [1.82, 2.24) is 5.32 Å². The van der Waals surface area contributed by atoms with Crippen LogP contribution in [0.2, 0.25) is 0 Å². The molecule has 3 heteroatoms. The molecule has 0 saturated carbocycles. The molecule has 1 N–H and O–H groups in total. The molecule has 0 radical (unpaired) electrons. The first-order chi connectivity index (χ1) is 6.29. The third-order valence-corrected chi connectivity index (χ3v) is 2.33. The van der Waals surface area contributed by atoms with Crippen molar-refractivity contribution in [2.24, 2.45) is 5.41 Å². The molecule has 1 saturated heterocycles. The Labute approximate surface area is 78.1 Å². The highest BCUT2D eigenvalue weighted by atomic mass is 16.5. The molecule has 3 nitrogen and oxygen atoms in total. The Morgan fingerprint density at radius 1 is 1.54 bits per heavy atom.